The van der Waals surface area contributed by atoms with Crippen LogP contribution in [-0.4, -0.2) is 203 Å². The van der Waals surface area contributed by atoms with Gasteiger partial charge in [0.05, 0.1) is 40.6 Å². The first-order chi connectivity index (χ1) is 59.1. The lowest BCUT2D eigenvalue weighted by Crippen LogP contribution is -2.33. The number of nitrogens with two attached hydrogens (primary N) is 2. The fraction of sp³-hybridized carbons (Fsp3) is 0.529. The van der Waals surface area contributed by atoms with Crippen LogP contribution in [0.2, 0.25) is 0 Å². The van der Waals surface area contributed by atoms with Gasteiger partial charge in [-0.15, -0.1) is 0 Å². The van der Waals surface area contributed by atoms with Crippen molar-refractivity contribution in [3.63, 3.8) is 0 Å². The predicted octanol–water partition coefficient (Wildman–Crippen LogP) is 10.0. The van der Waals surface area contributed by atoms with Gasteiger partial charge in [0.1, 0.15) is 76.5 Å². The summed E-state index contributed by atoms with van der Waals surface area (Å²) in [7, 11) is 0. The number of fused-ring (bicyclic) bond motifs is 4. The average molecular weight is 1800 g/mol. The molecule has 126 heavy (non-hydrogen) atoms. The number of carbonyl (C=O) groups is 7. The zero-order valence-electron chi connectivity index (χ0n) is 70.3. The first-order valence-electron chi connectivity index (χ1n) is 40.8. The minimum Gasteiger partial charge on any atom is -0.458 e. The number of thiazole rings is 2. The van der Waals surface area contributed by atoms with Crippen molar-refractivity contribution in [2.75, 3.05) is 11.5 Å². The van der Waals surface area contributed by atoms with Crippen LogP contribution in [0, 0.1) is 0 Å². The highest BCUT2D eigenvalue weighted by Gasteiger charge is 2.53. The highest BCUT2D eigenvalue weighted by molar-refractivity contribution is 7.16. The van der Waals surface area contributed by atoms with Crippen molar-refractivity contribution in [3.05, 3.63) is 184 Å². The standard InChI is InChI=1S/C21H22N4O7S.C19H20N4O6S.C18H22O7.C17H22O5.C10H18O4.2CH4/c1-3-12(32-19(28)11-7-5-4-6-8-11)13-9-14(30-10(2)26)18(31-13)25-16-15(33-21(25)29)17(27)24-20(22)23-16;1-2-11(29-17(26)9-6-4-3-5-7-9)12-8-10(24)16(28-12)23-14-13(30-19(23)27)15(25)22-18(20)21-14;1-4-14(24-17(21)13-8-6-5-7-9-13)15-10-16(22-11(2)19)18(25-15)23-12(3)20;1-4-12(19-15(18)11-8-6-5-7-9-11)13-10-14-16(20-13)22-17(2,3)21-14;1-4-6(11)7-5-8-9(12-7)14-10(2,3)13-8;;/h4-8,12-14,18H,3,9H2,1-2H3,(H3,22,23,24,27);3-7,10-12,16,24H,2,8H2,1H3,(H3,20,21,22,25);5-9,14-16,18H,4,10H2,1-3H3;5-9,12-14,16H,4,10H2,1-3H3;6-9,11H,4-5H2,1-3H3;2*1H4/t12?,13-,14+,18+;10-,11?,12+,16-;14?,15-,16+,18?;12?,13-,14+,16+;6?,7-,8+,9+;;/m01000../s1. The van der Waals surface area contributed by atoms with Crippen LogP contribution in [0.4, 0.5) is 11.9 Å². The van der Waals surface area contributed by atoms with Gasteiger partial charge in [0.2, 0.25) is 18.2 Å². The van der Waals surface area contributed by atoms with Crippen LogP contribution in [0.3, 0.4) is 0 Å². The Balaban J connectivity index is 0.000000181. The molecule has 15 rings (SSSR count). The van der Waals surface area contributed by atoms with E-state index in [1.54, 1.807) is 97.1 Å². The molecule has 4 aromatic carbocycles. The van der Waals surface area contributed by atoms with Crippen LogP contribution in [-0.2, 0) is 90.2 Å². The van der Waals surface area contributed by atoms with Crippen LogP contribution in [0.25, 0.3) is 20.7 Å². The minimum atomic E-state index is -1.07. The summed E-state index contributed by atoms with van der Waals surface area (Å²) in [4.78, 5) is 145. The molecule has 11 heterocycles. The van der Waals surface area contributed by atoms with E-state index in [1.807, 2.05) is 86.6 Å². The topological polar surface area (TPSA) is 495 Å². The van der Waals surface area contributed by atoms with Crippen molar-refractivity contribution in [2.45, 2.75) is 297 Å². The molecule has 7 saturated heterocycles. The highest BCUT2D eigenvalue weighted by Crippen LogP contribution is 2.42. The molecule has 20 atom stereocenters. The molecule has 0 bridgehead atoms. The summed E-state index contributed by atoms with van der Waals surface area (Å²) >= 11 is 1.38. The molecule has 4 aromatic heterocycles. The fourth-order valence-corrected chi connectivity index (χ4v) is 16.7. The number of aromatic amines is 2. The summed E-state index contributed by atoms with van der Waals surface area (Å²) in [5.41, 5.74) is 12.0. The Morgan fingerprint density at radius 1 is 0.452 bits per heavy atom. The molecule has 0 spiro atoms. The van der Waals surface area contributed by atoms with E-state index in [-0.39, 0.29) is 116 Å². The number of nitrogen functional groups attached to an aromatic ring is 2. The molecule has 686 valence electrons. The van der Waals surface area contributed by atoms with Gasteiger partial charge in [0, 0.05) is 52.9 Å². The number of rotatable bonds is 23. The lowest BCUT2D eigenvalue weighted by atomic mass is 10.1. The number of esters is 7. The maximum atomic E-state index is 12.8. The summed E-state index contributed by atoms with van der Waals surface area (Å²) in [6.07, 6.45) is -6.52. The zero-order chi connectivity index (χ0) is 89.6. The summed E-state index contributed by atoms with van der Waals surface area (Å²) in [6, 6.07) is 34.7. The fourth-order valence-electron chi connectivity index (χ4n) is 15.1. The third-order valence-corrected chi connectivity index (χ3v) is 22.6. The Morgan fingerprint density at radius 3 is 1.14 bits per heavy atom. The van der Waals surface area contributed by atoms with Gasteiger partial charge in [-0.3, -0.25) is 52.7 Å². The van der Waals surface area contributed by atoms with Crippen molar-refractivity contribution in [3.8, 4) is 0 Å². The van der Waals surface area contributed by atoms with Crippen LogP contribution in [0.15, 0.2) is 141 Å². The van der Waals surface area contributed by atoms with E-state index in [9.17, 15) is 63.0 Å². The molecule has 8 aromatic rings. The number of anilines is 2. The second kappa shape index (κ2) is 44.3. The van der Waals surface area contributed by atoms with Crippen molar-refractivity contribution in [1.29, 1.82) is 0 Å². The molecule has 7 aliphatic heterocycles. The number of aliphatic hydroxyl groups is 2. The molecular weight excluding hydrogens is 1690 g/mol. The number of nitrogens with one attached hydrogen (secondary N) is 2. The van der Waals surface area contributed by atoms with Gasteiger partial charge in [0.15, 0.2) is 54.0 Å². The second-order valence-electron chi connectivity index (χ2n) is 30.8. The Kier molecular flexibility index (Phi) is 34.9. The summed E-state index contributed by atoms with van der Waals surface area (Å²) in [6.45, 7) is 20.7. The van der Waals surface area contributed by atoms with Crippen LogP contribution in [0.1, 0.15) is 216 Å². The Labute approximate surface area is 733 Å². The van der Waals surface area contributed by atoms with Gasteiger partial charge < -0.3 is 97.5 Å². The monoisotopic (exact) mass is 1800 g/mol. The van der Waals surface area contributed by atoms with Crippen molar-refractivity contribution in [2.24, 2.45) is 0 Å². The van der Waals surface area contributed by atoms with Gasteiger partial charge in [-0.25, -0.2) is 19.2 Å². The van der Waals surface area contributed by atoms with Gasteiger partial charge in [0.25, 0.3) is 11.1 Å². The number of aromatic nitrogens is 6. The summed E-state index contributed by atoms with van der Waals surface area (Å²) in [5.74, 6) is -4.88. The lowest BCUT2D eigenvalue weighted by Gasteiger charge is -2.25. The molecular formula is C87H112N8O29S2. The number of carbonyl (C=O) groups excluding carboxylic acids is 7. The Bertz CT molecular complexity index is 5190. The molecule has 0 radical (unpaired) electrons. The van der Waals surface area contributed by atoms with E-state index in [0.717, 1.165) is 15.6 Å². The number of benzene rings is 4. The summed E-state index contributed by atoms with van der Waals surface area (Å²) < 4.78 is 92.3. The van der Waals surface area contributed by atoms with Crippen LogP contribution >= 0.6 is 22.7 Å². The van der Waals surface area contributed by atoms with Gasteiger partial charge in [-0.1, -0.05) is 145 Å². The third-order valence-electron chi connectivity index (χ3n) is 20.7. The average Bonchev–Trinajstić information content (AvgIpc) is 1.59. The molecule has 39 heteroatoms. The van der Waals surface area contributed by atoms with Gasteiger partial charge >= 0.3 is 51.5 Å². The number of H-pyrrole nitrogens is 2. The number of hydrogen-bond donors (Lipinski definition) is 6. The maximum Gasteiger partial charge on any atom is 0.338 e. The highest BCUT2D eigenvalue weighted by atomic mass is 32.1. The summed E-state index contributed by atoms with van der Waals surface area (Å²) in [5, 5.41) is 20.2. The molecule has 0 amide bonds. The molecule has 37 nitrogen and oxygen atoms in total. The predicted molar refractivity (Wildman–Crippen MR) is 457 cm³/mol. The smallest absolute Gasteiger partial charge is 0.338 e. The number of ether oxygens (including phenoxy) is 16. The number of nitrogens with zero attached hydrogens (tertiary/aromatic N) is 4. The van der Waals surface area contributed by atoms with E-state index in [0.29, 0.717) is 83.5 Å². The van der Waals surface area contributed by atoms with Crippen molar-refractivity contribution < 1.29 is 120 Å². The molecule has 6 unspecified atom stereocenters. The molecule has 0 aliphatic carbocycles. The van der Waals surface area contributed by atoms with E-state index < -0.39 is 148 Å². The largest absolute Gasteiger partial charge is 0.458 e. The normalized spacial score (nSPS) is 25.6. The number of hydrogen-bond acceptors (Lipinski definition) is 35. The molecule has 7 fully saturated rings. The van der Waals surface area contributed by atoms with E-state index in [4.69, 9.17) is 87.3 Å². The molecule has 7 aliphatic rings. The minimum absolute atomic E-state index is 0. The third kappa shape index (κ3) is 25.0. The SMILES string of the molecule is C.C.CCC(O)[C@@H]1C[C@H]2OC(C)(C)O[C@H]2O1.CCC(OC(=O)c1ccccc1)[C@@H]1C[C@@H](O)[C@H](n2c(=O)sc3c(=O)[nH]c(N)nc32)O1.CCC(OC(=O)c1ccccc1)[C@@H]1C[C@@H](OC(C)=O)C(OC(C)=O)O1.CCC(OC(=O)c1ccccc1)[C@@H]1C[C@@H](OC(C)=O)[C@H](n2c(=O)sc3c(=O)[nH]c(N)nc32)O1.CCC(OC(=O)c1ccccc1)[C@@H]1C[C@H]2OC(C)(C)O[C@H]2O1. The lowest BCUT2D eigenvalue weighted by molar-refractivity contribution is -0.214. The van der Waals surface area contributed by atoms with Gasteiger partial charge in [-0.2, -0.15) is 9.97 Å². The van der Waals surface area contributed by atoms with E-state index in [2.05, 4.69) is 19.9 Å². The van der Waals surface area contributed by atoms with Crippen molar-refractivity contribution >= 4 is 97.0 Å². The van der Waals surface area contributed by atoms with E-state index in [1.165, 1.54) is 20.8 Å². The van der Waals surface area contributed by atoms with Crippen LogP contribution in [0.5, 0.6) is 0 Å². The first-order valence-corrected chi connectivity index (χ1v) is 42.4. The molecule has 8 N–H and O–H groups in total. The quantitative estimate of drug-likeness (QED) is 0.0256. The van der Waals surface area contributed by atoms with Crippen molar-refractivity contribution in [1.82, 2.24) is 29.1 Å². The molecule has 0 saturated carbocycles. The van der Waals surface area contributed by atoms with E-state index >= 15 is 0 Å². The van der Waals surface area contributed by atoms with Crippen LogP contribution < -0.4 is 32.3 Å². The Hall–Kier alpha value is -10.5. The second-order valence-corrected chi connectivity index (χ2v) is 32.7. The zero-order valence-corrected chi connectivity index (χ0v) is 72.0. The maximum absolute atomic E-state index is 12.8. The number of aliphatic hydroxyl groups excluding tert-OH is 2. The van der Waals surface area contributed by atoms with Gasteiger partial charge in [-0.05, 0) is 108 Å². The Morgan fingerprint density at radius 2 is 0.778 bits per heavy atom. The first kappa shape index (κ1) is 99.2.